The van der Waals surface area contributed by atoms with Crippen molar-refractivity contribution in [2.75, 3.05) is 6.16 Å². The molecule has 1 fully saturated rings. The quantitative estimate of drug-likeness (QED) is 0.506. The van der Waals surface area contributed by atoms with Gasteiger partial charge in [-0.25, -0.2) is 4.39 Å². The summed E-state index contributed by atoms with van der Waals surface area (Å²) in [5.41, 5.74) is 4.61. The zero-order valence-corrected chi connectivity index (χ0v) is 18.5. The van der Waals surface area contributed by atoms with Gasteiger partial charge in [0.15, 0.2) is 0 Å². The molecule has 2 aliphatic rings. The van der Waals surface area contributed by atoms with Crippen molar-refractivity contribution in [3.63, 3.8) is 0 Å². The zero-order valence-electron chi connectivity index (χ0n) is 17.6. The number of benzene rings is 2. The fourth-order valence-corrected chi connectivity index (χ4v) is 6.39. The average Bonchev–Trinajstić information content (AvgIpc) is 3.31. The van der Waals surface area contributed by atoms with Crippen LogP contribution in [0.15, 0.2) is 66.0 Å². The minimum atomic E-state index is -3.92. The number of carboxylic acids is 1. The van der Waals surface area contributed by atoms with E-state index in [0.717, 1.165) is 48.0 Å². The van der Waals surface area contributed by atoms with E-state index in [-0.39, 0.29) is 11.2 Å². The van der Waals surface area contributed by atoms with E-state index < -0.39 is 32.0 Å². The normalized spacial score (nSPS) is 20.0. The Balaban J connectivity index is 1.81. The molecular weight excluding hydrogens is 430 g/mol. The summed E-state index contributed by atoms with van der Waals surface area (Å²) in [7, 11) is -3.92. The molecule has 4 rings (SSSR count). The Bertz CT molecular complexity index is 1130. The molecule has 1 spiro atoms. The minimum Gasteiger partial charge on any atom is -0.481 e. The third kappa shape index (κ3) is 4.36. The highest BCUT2D eigenvalue weighted by Gasteiger charge is 2.46. The van der Waals surface area contributed by atoms with Gasteiger partial charge in [0.2, 0.25) is 7.37 Å². The Hall–Kier alpha value is -2.53. The molecule has 2 aromatic carbocycles. The summed E-state index contributed by atoms with van der Waals surface area (Å²) < 4.78 is 26.4. The number of allylic oxidation sites excluding steroid dienone is 2. The lowest BCUT2D eigenvalue weighted by molar-refractivity contribution is -0.138. The summed E-state index contributed by atoms with van der Waals surface area (Å²) in [6.07, 6.45) is 3.06. The van der Waals surface area contributed by atoms with Gasteiger partial charge in [0.05, 0.1) is 18.7 Å². The summed E-state index contributed by atoms with van der Waals surface area (Å²) >= 11 is 0. The van der Waals surface area contributed by atoms with Crippen LogP contribution in [0.25, 0.3) is 5.57 Å². The van der Waals surface area contributed by atoms with Crippen molar-refractivity contribution in [3.8, 4) is 0 Å². The second-order valence-corrected chi connectivity index (χ2v) is 10.8. The number of halogens is 1. The van der Waals surface area contributed by atoms with E-state index >= 15 is 0 Å². The van der Waals surface area contributed by atoms with Gasteiger partial charge in [0.1, 0.15) is 5.82 Å². The average molecular weight is 456 g/mol. The van der Waals surface area contributed by atoms with Crippen LogP contribution in [0, 0.1) is 5.82 Å². The van der Waals surface area contributed by atoms with Crippen molar-refractivity contribution < 1.29 is 28.9 Å². The molecule has 168 valence electrons. The van der Waals surface area contributed by atoms with Crippen LogP contribution in [0.5, 0.6) is 0 Å². The van der Waals surface area contributed by atoms with Gasteiger partial charge in [-0.05, 0) is 52.8 Å². The first-order valence-corrected chi connectivity index (χ1v) is 12.6. The molecule has 7 heteroatoms. The minimum absolute atomic E-state index is 0.281. The van der Waals surface area contributed by atoms with Crippen LogP contribution in [-0.4, -0.2) is 33.3 Å². The van der Waals surface area contributed by atoms with Gasteiger partial charge in [0.25, 0.3) is 0 Å². The maximum Gasteiger partial charge on any atom is 0.305 e. The van der Waals surface area contributed by atoms with Crippen molar-refractivity contribution in [2.24, 2.45) is 0 Å². The van der Waals surface area contributed by atoms with Crippen molar-refractivity contribution in [1.29, 1.82) is 0 Å². The van der Waals surface area contributed by atoms with Gasteiger partial charge in [-0.2, -0.15) is 0 Å². The predicted octanol–water partition coefficient (Wildman–Crippen LogP) is 5.07. The molecule has 2 atom stereocenters. The van der Waals surface area contributed by atoms with Gasteiger partial charge in [-0.15, -0.1) is 0 Å². The molecule has 0 heterocycles. The van der Waals surface area contributed by atoms with Crippen LogP contribution in [0.4, 0.5) is 4.39 Å². The van der Waals surface area contributed by atoms with Crippen molar-refractivity contribution in [1.82, 2.24) is 0 Å². The van der Waals surface area contributed by atoms with E-state index in [4.69, 9.17) is 5.11 Å². The molecule has 5 nitrogen and oxygen atoms in total. The molecule has 0 radical (unpaired) electrons. The first-order chi connectivity index (χ1) is 15.2. The van der Waals surface area contributed by atoms with Gasteiger partial charge in [0, 0.05) is 11.2 Å². The Morgan fingerprint density at radius 1 is 1.12 bits per heavy atom. The number of carboxylic acid groups (broad SMARTS) is 1. The Kier molecular flexibility index (Phi) is 6.22. The summed E-state index contributed by atoms with van der Waals surface area (Å²) in [4.78, 5) is 21.2. The standard InChI is InChI=1S/C25H26FO5P/c26-18-9-7-17(8-10-18)24-20-5-1-2-6-21(20)25(12-3-4-13-25)22(24)11-14-32(30,31)16-19(27)15-23(28)29/h1-2,5-11,14,19,27H,3-4,12-13,15-16H2,(H,28,29)(H,30,31). The molecule has 2 unspecified atom stereocenters. The first kappa shape index (κ1) is 22.7. The molecule has 0 saturated heterocycles. The van der Waals surface area contributed by atoms with Gasteiger partial charge in [-0.3, -0.25) is 9.36 Å². The summed E-state index contributed by atoms with van der Waals surface area (Å²) in [6, 6.07) is 14.3. The van der Waals surface area contributed by atoms with E-state index in [0.29, 0.717) is 0 Å². The number of carbonyl (C=O) groups is 1. The van der Waals surface area contributed by atoms with Crippen LogP contribution in [-0.2, 0) is 14.8 Å². The molecular formula is C25H26FO5P. The fraction of sp³-hybridized carbons (Fsp3) is 0.320. The van der Waals surface area contributed by atoms with E-state index in [1.165, 1.54) is 23.5 Å². The molecule has 2 aliphatic carbocycles. The topological polar surface area (TPSA) is 94.8 Å². The maximum atomic E-state index is 13.6. The zero-order chi connectivity index (χ0) is 22.9. The summed E-state index contributed by atoms with van der Waals surface area (Å²) in [6.45, 7) is 0. The van der Waals surface area contributed by atoms with Crippen LogP contribution < -0.4 is 0 Å². The predicted molar refractivity (Wildman–Crippen MR) is 121 cm³/mol. The van der Waals surface area contributed by atoms with Crippen molar-refractivity contribution >= 4 is 18.9 Å². The Morgan fingerprint density at radius 3 is 2.44 bits per heavy atom. The van der Waals surface area contributed by atoms with Crippen molar-refractivity contribution in [3.05, 3.63) is 88.5 Å². The van der Waals surface area contributed by atoms with Crippen LogP contribution in [0.2, 0.25) is 0 Å². The molecule has 32 heavy (non-hydrogen) atoms. The highest BCUT2D eigenvalue weighted by atomic mass is 31.2. The lowest BCUT2D eigenvalue weighted by Crippen LogP contribution is -2.21. The number of fused-ring (bicyclic) bond motifs is 2. The monoisotopic (exact) mass is 456 g/mol. The smallest absolute Gasteiger partial charge is 0.305 e. The Morgan fingerprint density at radius 2 is 1.78 bits per heavy atom. The van der Waals surface area contributed by atoms with E-state index in [2.05, 4.69) is 6.07 Å². The van der Waals surface area contributed by atoms with Crippen LogP contribution >= 0.6 is 7.37 Å². The number of aliphatic hydroxyl groups excluding tert-OH is 1. The third-order valence-corrected chi connectivity index (χ3v) is 8.00. The highest BCUT2D eigenvalue weighted by molar-refractivity contribution is 7.61. The number of rotatable bonds is 7. The van der Waals surface area contributed by atoms with Gasteiger partial charge < -0.3 is 15.1 Å². The molecule has 0 bridgehead atoms. The summed E-state index contributed by atoms with van der Waals surface area (Å²) in [5.74, 6) is -0.331. The van der Waals surface area contributed by atoms with E-state index in [1.54, 1.807) is 18.2 Å². The number of hydrogen-bond acceptors (Lipinski definition) is 3. The second-order valence-electron chi connectivity index (χ2n) is 8.64. The SMILES string of the molecule is O=C(O)CC(O)CP(=O)(O)C=CC1=C(c2ccc(F)cc2)c2ccccc2C12CCCC2. The lowest BCUT2D eigenvalue weighted by Gasteiger charge is -2.28. The summed E-state index contributed by atoms with van der Waals surface area (Å²) in [5, 5.41) is 18.7. The molecule has 1 saturated carbocycles. The molecule has 0 amide bonds. The van der Waals surface area contributed by atoms with Crippen LogP contribution in [0.3, 0.4) is 0 Å². The largest absolute Gasteiger partial charge is 0.481 e. The van der Waals surface area contributed by atoms with E-state index in [1.807, 2.05) is 18.2 Å². The first-order valence-electron chi connectivity index (χ1n) is 10.7. The second kappa shape index (κ2) is 8.78. The molecule has 0 aromatic heterocycles. The molecule has 0 aliphatic heterocycles. The maximum absolute atomic E-state index is 13.6. The lowest BCUT2D eigenvalue weighted by atomic mass is 9.75. The highest BCUT2D eigenvalue weighted by Crippen LogP contribution is 2.58. The number of aliphatic carboxylic acids is 1. The Labute approximate surface area is 186 Å². The number of aliphatic hydroxyl groups is 1. The van der Waals surface area contributed by atoms with Crippen LogP contribution in [0.1, 0.15) is 48.8 Å². The molecule has 3 N–H and O–H groups in total. The van der Waals surface area contributed by atoms with Gasteiger partial charge >= 0.3 is 5.97 Å². The third-order valence-electron chi connectivity index (χ3n) is 6.44. The van der Waals surface area contributed by atoms with Gasteiger partial charge in [-0.1, -0.05) is 55.3 Å². The molecule has 2 aromatic rings. The van der Waals surface area contributed by atoms with E-state index in [9.17, 15) is 23.7 Å². The number of hydrogen-bond donors (Lipinski definition) is 3. The fourth-order valence-electron chi connectivity index (χ4n) is 5.16. The van der Waals surface area contributed by atoms with Crippen molar-refractivity contribution in [2.45, 2.75) is 43.6 Å².